The molecule has 0 saturated carbocycles. The van der Waals surface area contributed by atoms with Crippen molar-refractivity contribution < 1.29 is 9.53 Å². The average Bonchev–Trinajstić information content (AvgIpc) is 2.86. The second-order valence-corrected chi connectivity index (χ2v) is 4.62. The maximum absolute atomic E-state index is 11.5. The smallest absolute Gasteiger partial charge is 0.234 e. The number of hydrogen-bond donors (Lipinski definition) is 3. The Morgan fingerprint density at radius 2 is 2.58 bits per heavy atom. The molecule has 1 aliphatic rings. The van der Waals surface area contributed by atoms with Crippen molar-refractivity contribution in [3.8, 4) is 0 Å². The average molecular weight is 267 g/mol. The zero-order chi connectivity index (χ0) is 13.5. The largest absolute Gasteiger partial charge is 0.383 e. The van der Waals surface area contributed by atoms with Gasteiger partial charge in [-0.25, -0.2) is 4.68 Å². The fourth-order valence-electron chi connectivity index (χ4n) is 2.07. The minimum absolute atomic E-state index is 0.000553. The molecule has 3 N–H and O–H groups in total. The molecule has 0 aromatic carbocycles. The van der Waals surface area contributed by atoms with Crippen molar-refractivity contribution in [3.05, 3.63) is 12.3 Å². The van der Waals surface area contributed by atoms with Crippen molar-refractivity contribution in [1.29, 1.82) is 0 Å². The van der Waals surface area contributed by atoms with Gasteiger partial charge in [0.2, 0.25) is 5.91 Å². The van der Waals surface area contributed by atoms with E-state index < -0.39 is 0 Å². The third kappa shape index (κ3) is 4.22. The van der Waals surface area contributed by atoms with Gasteiger partial charge in [0.25, 0.3) is 0 Å². The Bertz CT molecular complexity index is 407. The molecule has 0 unspecified atom stereocenters. The van der Waals surface area contributed by atoms with Gasteiger partial charge in [0.1, 0.15) is 5.82 Å². The number of rotatable bonds is 7. The molecular weight excluding hydrogens is 246 g/mol. The van der Waals surface area contributed by atoms with E-state index in [0.29, 0.717) is 25.6 Å². The van der Waals surface area contributed by atoms with E-state index in [4.69, 9.17) is 4.74 Å². The third-order valence-electron chi connectivity index (χ3n) is 3.07. The van der Waals surface area contributed by atoms with Crippen LogP contribution in [0, 0.1) is 5.92 Å². The molecule has 7 nitrogen and oxygen atoms in total. The highest BCUT2D eigenvalue weighted by atomic mass is 16.5. The van der Waals surface area contributed by atoms with Gasteiger partial charge in [0.05, 0.1) is 19.3 Å². The number of nitrogens with one attached hydrogen (secondary N) is 3. The molecule has 1 aliphatic heterocycles. The first-order chi connectivity index (χ1) is 9.29. The van der Waals surface area contributed by atoms with Gasteiger partial charge >= 0.3 is 0 Å². The maximum Gasteiger partial charge on any atom is 0.234 e. The minimum Gasteiger partial charge on any atom is -0.383 e. The Labute approximate surface area is 112 Å². The van der Waals surface area contributed by atoms with E-state index in [1.807, 2.05) is 10.7 Å². The topological polar surface area (TPSA) is 80.2 Å². The monoisotopic (exact) mass is 267 g/mol. The lowest BCUT2D eigenvalue weighted by atomic mass is 10.1. The number of fused-ring (bicyclic) bond motifs is 1. The first-order valence-corrected chi connectivity index (χ1v) is 6.51. The maximum atomic E-state index is 11.5. The van der Waals surface area contributed by atoms with Gasteiger partial charge in [-0.2, -0.15) is 5.10 Å². The second kappa shape index (κ2) is 7.10. The van der Waals surface area contributed by atoms with Gasteiger partial charge in [-0.1, -0.05) is 0 Å². The lowest BCUT2D eigenvalue weighted by molar-refractivity contribution is -0.120. The van der Waals surface area contributed by atoms with Crippen LogP contribution in [0.3, 0.4) is 0 Å². The number of amides is 1. The van der Waals surface area contributed by atoms with Crippen LogP contribution in [-0.2, 0) is 16.1 Å². The van der Waals surface area contributed by atoms with Gasteiger partial charge in [0.15, 0.2) is 0 Å². The molecule has 1 aromatic heterocycles. The molecule has 0 aliphatic carbocycles. The summed E-state index contributed by atoms with van der Waals surface area (Å²) in [4.78, 5) is 11.5. The van der Waals surface area contributed by atoms with Crippen molar-refractivity contribution in [2.45, 2.75) is 6.54 Å². The summed E-state index contributed by atoms with van der Waals surface area (Å²) < 4.78 is 6.82. The Balaban J connectivity index is 1.60. The lowest BCUT2D eigenvalue weighted by Crippen LogP contribution is -2.40. The van der Waals surface area contributed by atoms with Gasteiger partial charge in [-0.05, 0) is 0 Å². The molecule has 2 rings (SSSR count). The number of carbonyl (C=O) groups is 1. The van der Waals surface area contributed by atoms with Gasteiger partial charge in [0, 0.05) is 45.3 Å². The quantitative estimate of drug-likeness (QED) is 0.568. The summed E-state index contributed by atoms with van der Waals surface area (Å²) in [5.41, 5.74) is 0. The van der Waals surface area contributed by atoms with Crippen molar-refractivity contribution >= 4 is 11.7 Å². The predicted molar refractivity (Wildman–Crippen MR) is 72.0 cm³/mol. The number of anilines is 1. The first-order valence-electron chi connectivity index (χ1n) is 6.51. The van der Waals surface area contributed by atoms with Crippen LogP contribution in [0.2, 0.25) is 0 Å². The molecule has 1 amide bonds. The summed E-state index contributed by atoms with van der Waals surface area (Å²) in [6, 6.07) is 1.97. The third-order valence-corrected chi connectivity index (χ3v) is 3.07. The van der Waals surface area contributed by atoms with E-state index in [-0.39, 0.29) is 5.91 Å². The lowest BCUT2D eigenvalue weighted by Gasteiger charge is -2.25. The van der Waals surface area contributed by atoms with Crippen LogP contribution in [0.4, 0.5) is 5.82 Å². The number of ether oxygens (including phenoxy) is 1. The fourth-order valence-corrected chi connectivity index (χ4v) is 2.07. The summed E-state index contributed by atoms with van der Waals surface area (Å²) in [5.74, 6) is 1.51. The molecule has 0 fully saturated rings. The fraction of sp³-hybridized carbons (Fsp3) is 0.667. The van der Waals surface area contributed by atoms with Crippen molar-refractivity contribution in [1.82, 2.24) is 20.4 Å². The zero-order valence-corrected chi connectivity index (χ0v) is 11.2. The molecule has 7 heteroatoms. The van der Waals surface area contributed by atoms with Crippen LogP contribution < -0.4 is 16.0 Å². The van der Waals surface area contributed by atoms with Crippen molar-refractivity contribution in [2.75, 3.05) is 45.2 Å². The normalized spacial score (nSPS) is 17.6. The van der Waals surface area contributed by atoms with E-state index in [9.17, 15) is 4.79 Å². The highest BCUT2D eigenvalue weighted by Gasteiger charge is 2.17. The van der Waals surface area contributed by atoms with Gasteiger partial charge in [-0.3, -0.25) is 4.79 Å². The van der Waals surface area contributed by atoms with Crippen molar-refractivity contribution in [3.63, 3.8) is 0 Å². The number of hydrogen-bond acceptors (Lipinski definition) is 5. The molecule has 0 radical (unpaired) electrons. The molecule has 0 bridgehead atoms. The molecule has 1 aromatic rings. The minimum atomic E-state index is 0.000553. The number of aromatic nitrogens is 2. The highest BCUT2D eigenvalue weighted by Crippen LogP contribution is 2.15. The molecular formula is C12H21N5O2. The molecule has 19 heavy (non-hydrogen) atoms. The van der Waals surface area contributed by atoms with Crippen LogP contribution >= 0.6 is 0 Å². The molecule has 0 saturated heterocycles. The summed E-state index contributed by atoms with van der Waals surface area (Å²) in [5, 5.41) is 13.5. The number of nitrogens with zero attached hydrogens (tertiary/aromatic N) is 2. The highest BCUT2D eigenvalue weighted by molar-refractivity contribution is 5.77. The van der Waals surface area contributed by atoms with Crippen LogP contribution in [0.25, 0.3) is 0 Å². The number of carbonyl (C=O) groups excluding carboxylic acids is 1. The Morgan fingerprint density at radius 3 is 3.42 bits per heavy atom. The van der Waals surface area contributed by atoms with Crippen molar-refractivity contribution in [2.24, 2.45) is 5.92 Å². The summed E-state index contributed by atoms with van der Waals surface area (Å²) in [7, 11) is 1.62. The Hall–Kier alpha value is -1.60. The SMILES string of the molecule is COCCNC(=O)CNC[C@H]1CNc2ccnn2C1. The zero-order valence-electron chi connectivity index (χ0n) is 11.2. The molecule has 0 spiro atoms. The van der Waals surface area contributed by atoms with E-state index in [1.54, 1.807) is 13.3 Å². The van der Waals surface area contributed by atoms with Crippen LogP contribution in [-0.4, -0.2) is 55.6 Å². The van der Waals surface area contributed by atoms with Gasteiger partial charge in [-0.15, -0.1) is 0 Å². The van der Waals surface area contributed by atoms with Crippen LogP contribution in [0.15, 0.2) is 12.3 Å². The van der Waals surface area contributed by atoms with E-state index in [1.165, 1.54) is 0 Å². The standard InChI is InChI=1S/C12H21N5O2/c1-19-5-4-14-12(18)8-13-6-10-7-15-11-2-3-16-17(11)9-10/h2-3,10,13,15H,4-9H2,1H3,(H,14,18)/t10-/m0/s1. The van der Waals surface area contributed by atoms with Crippen LogP contribution in [0.1, 0.15) is 0 Å². The van der Waals surface area contributed by atoms with Crippen LogP contribution in [0.5, 0.6) is 0 Å². The Morgan fingerprint density at radius 1 is 1.68 bits per heavy atom. The second-order valence-electron chi connectivity index (χ2n) is 4.62. The van der Waals surface area contributed by atoms with E-state index >= 15 is 0 Å². The first kappa shape index (κ1) is 13.8. The van der Waals surface area contributed by atoms with E-state index in [0.717, 1.165) is 25.5 Å². The van der Waals surface area contributed by atoms with Gasteiger partial charge < -0.3 is 20.7 Å². The molecule has 2 heterocycles. The molecule has 106 valence electrons. The molecule has 1 atom stereocenters. The summed E-state index contributed by atoms with van der Waals surface area (Å²) >= 11 is 0. The number of methoxy groups -OCH3 is 1. The summed E-state index contributed by atoms with van der Waals surface area (Å²) in [6.45, 7) is 4.02. The van der Waals surface area contributed by atoms with E-state index in [2.05, 4.69) is 21.0 Å². The Kier molecular flexibility index (Phi) is 5.17. The summed E-state index contributed by atoms with van der Waals surface area (Å²) in [6.07, 6.45) is 1.79. The predicted octanol–water partition coefficient (Wildman–Crippen LogP) is -0.723.